The van der Waals surface area contributed by atoms with Crippen LogP contribution in [0.5, 0.6) is 0 Å². The Balaban J connectivity index is 1.08. The maximum absolute atomic E-state index is 2.52. The van der Waals surface area contributed by atoms with Gasteiger partial charge in [-0.2, -0.15) is 0 Å². The molecule has 1 spiro atoms. The molecule has 0 aliphatic heterocycles. The summed E-state index contributed by atoms with van der Waals surface area (Å²) in [6.45, 7) is 0. The molecule has 2 aliphatic rings. The van der Waals surface area contributed by atoms with Crippen molar-refractivity contribution in [2.24, 2.45) is 0 Å². The van der Waals surface area contributed by atoms with Crippen LogP contribution in [0.1, 0.15) is 22.3 Å². The van der Waals surface area contributed by atoms with Crippen molar-refractivity contribution in [1.29, 1.82) is 0 Å². The average Bonchev–Trinajstić information content (AvgIpc) is 3.97. The van der Waals surface area contributed by atoms with Gasteiger partial charge in [0.25, 0.3) is 0 Å². The molecule has 0 nitrogen and oxygen atoms in total. The van der Waals surface area contributed by atoms with Crippen LogP contribution in [0.25, 0.3) is 95.6 Å². The first-order chi connectivity index (χ1) is 27.2. The van der Waals surface area contributed by atoms with Crippen LogP contribution in [0, 0.1) is 0 Å². The van der Waals surface area contributed by atoms with Crippen molar-refractivity contribution in [2.45, 2.75) is 5.41 Å². The molecule has 0 radical (unpaired) electrons. The molecule has 0 saturated carbocycles. The number of fused-ring (bicyclic) bond motifs is 18. The minimum absolute atomic E-state index is 0.455. The van der Waals surface area contributed by atoms with E-state index in [1.54, 1.807) is 0 Å². The van der Waals surface area contributed by atoms with Crippen molar-refractivity contribution in [2.75, 3.05) is 0 Å². The summed E-state index contributed by atoms with van der Waals surface area (Å²) in [5.41, 5.74) is 15.4. The molecule has 11 aromatic rings. The Morgan fingerprint density at radius 2 is 0.745 bits per heavy atom. The molecular formula is C53H30S2. The van der Waals surface area contributed by atoms with E-state index >= 15 is 0 Å². The quantitative estimate of drug-likeness (QED) is 0.166. The second kappa shape index (κ2) is 10.9. The van der Waals surface area contributed by atoms with Crippen LogP contribution in [0.15, 0.2) is 182 Å². The van der Waals surface area contributed by atoms with Crippen molar-refractivity contribution in [3.05, 3.63) is 204 Å². The van der Waals surface area contributed by atoms with Gasteiger partial charge in [0.05, 0.1) is 5.41 Å². The van der Waals surface area contributed by atoms with Crippen molar-refractivity contribution < 1.29 is 0 Å². The van der Waals surface area contributed by atoms with E-state index in [0.29, 0.717) is 0 Å². The molecule has 0 saturated heterocycles. The third-order valence-corrected chi connectivity index (χ3v) is 14.8. The minimum Gasteiger partial charge on any atom is -0.135 e. The molecule has 0 fully saturated rings. The van der Waals surface area contributed by atoms with Crippen LogP contribution in [0.2, 0.25) is 0 Å². The van der Waals surface area contributed by atoms with E-state index in [1.165, 1.54) is 118 Å². The van der Waals surface area contributed by atoms with E-state index in [1.807, 2.05) is 22.7 Å². The molecule has 2 heterocycles. The molecule has 2 aromatic heterocycles. The first-order valence-corrected chi connectivity index (χ1v) is 20.6. The summed E-state index contributed by atoms with van der Waals surface area (Å²) < 4.78 is 5.35. The largest absolute Gasteiger partial charge is 0.135 e. The molecule has 55 heavy (non-hydrogen) atoms. The number of rotatable bonds is 2. The predicted octanol–water partition coefficient (Wildman–Crippen LogP) is 15.3. The highest BCUT2D eigenvalue weighted by Crippen LogP contribution is 2.64. The van der Waals surface area contributed by atoms with Gasteiger partial charge in [0.1, 0.15) is 0 Å². The topological polar surface area (TPSA) is 0 Å². The molecular weight excluding hydrogens is 701 g/mol. The lowest BCUT2D eigenvalue weighted by molar-refractivity contribution is 0.801. The molecule has 2 heteroatoms. The second-order valence-corrected chi connectivity index (χ2v) is 17.3. The van der Waals surface area contributed by atoms with E-state index in [4.69, 9.17) is 0 Å². The van der Waals surface area contributed by atoms with Gasteiger partial charge in [-0.3, -0.25) is 0 Å². The summed E-state index contributed by atoms with van der Waals surface area (Å²) in [7, 11) is 0. The molecule has 2 aliphatic carbocycles. The van der Waals surface area contributed by atoms with Crippen LogP contribution >= 0.6 is 22.7 Å². The Kier molecular flexibility index (Phi) is 5.95. The molecule has 0 unspecified atom stereocenters. The van der Waals surface area contributed by atoms with Gasteiger partial charge in [-0.25, -0.2) is 0 Å². The zero-order valence-electron chi connectivity index (χ0n) is 29.6. The summed E-state index contributed by atoms with van der Waals surface area (Å²) in [4.78, 5) is 0. The number of benzene rings is 9. The lowest BCUT2D eigenvalue weighted by atomic mass is 9.69. The van der Waals surface area contributed by atoms with Crippen molar-refractivity contribution in [1.82, 2.24) is 0 Å². The molecule has 0 amide bonds. The third-order valence-electron chi connectivity index (χ3n) is 12.5. The Hall–Kier alpha value is -6.32. The van der Waals surface area contributed by atoms with Crippen molar-refractivity contribution in [3.63, 3.8) is 0 Å². The van der Waals surface area contributed by atoms with Gasteiger partial charge in [0, 0.05) is 40.3 Å². The lowest BCUT2D eigenvalue weighted by Crippen LogP contribution is -2.26. The Labute approximate surface area is 326 Å². The van der Waals surface area contributed by atoms with E-state index in [2.05, 4.69) is 182 Å². The van der Waals surface area contributed by atoms with Crippen LogP contribution < -0.4 is 0 Å². The van der Waals surface area contributed by atoms with E-state index in [-0.39, 0.29) is 0 Å². The lowest BCUT2D eigenvalue weighted by Gasteiger charge is -2.32. The van der Waals surface area contributed by atoms with Gasteiger partial charge in [0.2, 0.25) is 0 Å². The van der Waals surface area contributed by atoms with Crippen LogP contribution in [-0.2, 0) is 5.41 Å². The summed E-state index contributed by atoms with van der Waals surface area (Å²) in [5.74, 6) is 0. The van der Waals surface area contributed by atoms with E-state index in [0.717, 1.165) is 0 Å². The first kappa shape index (κ1) is 30.1. The molecule has 0 atom stereocenters. The van der Waals surface area contributed by atoms with Crippen LogP contribution in [0.4, 0.5) is 0 Å². The predicted molar refractivity (Wildman–Crippen MR) is 237 cm³/mol. The van der Waals surface area contributed by atoms with Crippen molar-refractivity contribution in [3.8, 4) is 44.5 Å². The molecule has 0 N–H and O–H groups in total. The fourth-order valence-corrected chi connectivity index (χ4v) is 12.4. The minimum atomic E-state index is -0.455. The van der Waals surface area contributed by atoms with Crippen LogP contribution in [0.3, 0.4) is 0 Å². The standard InChI is InChI=1S/C53H30S2/c1-5-13-45-36(9-1)37-10-2-6-14-46(37)53(45)47-28-33(35-22-25-42-40-12-4-8-16-49(40)55-51(42)30-35)20-23-38(47)43-26-19-31-17-18-32(27-44(31)52(43)53)34-21-24-41-39-11-3-7-15-48(39)54-50(41)29-34/h1-30H. The summed E-state index contributed by atoms with van der Waals surface area (Å²) in [6, 6.07) is 69.1. The molecule has 13 rings (SSSR count). The zero-order valence-corrected chi connectivity index (χ0v) is 31.3. The third kappa shape index (κ3) is 3.95. The Morgan fingerprint density at radius 3 is 1.40 bits per heavy atom. The summed E-state index contributed by atoms with van der Waals surface area (Å²) in [6.07, 6.45) is 0. The maximum atomic E-state index is 2.52. The first-order valence-electron chi connectivity index (χ1n) is 19.0. The summed E-state index contributed by atoms with van der Waals surface area (Å²) >= 11 is 3.78. The number of hydrogen-bond acceptors (Lipinski definition) is 2. The van der Waals surface area contributed by atoms with Crippen molar-refractivity contribution >= 4 is 73.8 Å². The van der Waals surface area contributed by atoms with Gasteiger partial charge in [0.15, 0.2) is 0 Å². The highest BCUT2D eigenvalue weighted by atomic mass is 32.1. The van der Waals surface area contributed by atoms with Gasteiger partial charge < -0.3 is 0 Å². The molecule has 254 valence electrons. The van der Waals surface area contributed by atoms with E-state index < -0.39 is 5.41 Å². The van der Waals surface area contributed by atoms with Gasteiger partial charge in [-0.15, -0.1) is 22.7 Å². The fourth-order valence-electron chi connectivity index (χ4n) is 10.1. The molecule has 9 aromatic carbocycles. The Morgan fingerprint density at radius 1 is 0.291 bits per heavy atom. The maximum Gasteiger partial charge on any atom is 0.0731 e. The highest BCUT2D eigenvalue weighted by molar-refractivity contribution is 7.26. The number of thiophene rings is 2. The monoisotopic (exact) mass is 730 g/mol. The smallest absolute Gasteiger partial charge is 0.0731 e. The highest BCUT2D eigenvalue weighted by Gasteiger charge is 2.52. The summed E-state index contributed by atoms with van der Waals surface area (Å²) in [5, 5.41) is 7.94. The average molecular weight is 731 g/mol. The van der Waals surface area contributed by atoms with Gasteiger partial charge >= 0.3 is 0 Å². The van der Waals surface area contributed by atoms with Gasteiger partial charge in [-0.1, -0.05) is 146 Å². The number of hydrogen-bond donors (Lipinski definition) is 0. The van der Waals surface area contributed by atoms with E-state index in [9.17, 15) is 0 Å². The molecule has 0 bridgehead atoms. The SMILES string of the molecule is c1ccc2c(c1)-c1ccccc1C21c2cc(-c3ccc4c(c3)sc3ccccc34)ccc2-c2ccc3ccc(-c4ccc5c(c4)sc4ccccc45)cc3c21. The van der Waals surface area contributed by atoms with Crippen LogP contribution in [-0.4, -0.2) is 0 Å². The van der Waals surface area contributed by atoms with Gasteiger partial charge in [-0.05, 0) is 114 Å². The second-order valence-electron chi connectivity index (χ2n) is 15.1. The normalized spacial score (nSPS) is 13.6. The fraction of sp³-hybridized carbons (Fsp3) is 0.0189. The Bertz CT molecular complexity index is 3400. The zero-order chi connectivity index (χ0) is 35.8.